The van der Waals surface area contributed by atoms with Crippen LogP contribution in [0.4, 0.5) is 0 Å². The lowest BCUT2D eigenvalue weighted by Crippen LogP contribution is -2.08. The second kappa shape index (κ2) is 5.64. The largest absolute Gasteiger partial charge is 0.486 e. The minimum absolute atomic E-state index is 0.0473. The van der Waals surface area contributed by atoms with Crippen LogP contribution in [0.3, 0.4) is 0 Å². The standard InChI is InChI=1S/C13H15N3OS/c1-2-9-3-5-10(6-4-9)17-8-12-16-7-11(18-12)13(14)15/h3-7H,2,8H2,1H3,(H3,14,15). The molecule has 0 atom stereocenters. The Balaban J connectivity index is 1.95. The van der Waals surface area contributed by atoms with Gasteiger partial charge in [0.15, 0.2) is 0 Å². The van der Waals surface area contributed by atoms with Crippen molar-refractivity contribution in [1.82, 2.24) is 4.98 Å². The number of benzene rings is 1. The zero-order valence-electron chi connectivity index (χ0n) is 10.1. The first-order valence-electron chi connectivity index (χ1n) is 5.70. The van der Waals surface area contributed by atoms with E-state index in [1.807, 2.05) is 12.1 Å². The van der Waals surface area contributed by atoms with Gasteiger partial charge in [0.1, 0.15) is 23.2 Å². The highest BCUT2D eigenvalue weighted by Crippen LogP contribution is 2.17. The van der Waals surface area contributed by atoms with Crippen molar-refractivity contribution in [3.63, 3.8) is 0 Å². The minimum atomic E-state index is 0.0473. The summed E-state index contributed by atoms with van der Waals surface area (Å²) in [7, 11) is 0. The zero-order chi connectivity index (χ0) is 13.0. The Morgan fingerprint density at radius 3 is 2.67 bits per heavy atom. The lowest BCUT2D eigenvalue weighted by atomic mass is 10.2. The number of ether oxygens (including phenoxy) is 1. The summed E-state index contributed by atoms with van der Waals surface area (Å²) in [5, 5.41) is 8.12. The van der Waals surface area contributed by atoms with Crippen molar-refractivity contribution in [2.24, 2.45) is 5.73 Å². The molecule has 0 bridgehead atoms. The van der Waals surface area contributed by atoms with Crippen LogP contribution in [0.25, 0.3) is 0 Å². The number of nitrogens with two attached hydrogens (primary N) is 1. The molecule has 0 fully saturated rings. The molecular formula is C13H15N3OS. The molecule has 1 aromatic carbocycles. The molecule has 18 heavy (non-hydrogen) atoms. The summed E-state index contributed by atoms with van der Waals surface area (Å²) in [6, 6.07) is 8.02. The minimum Gasteiger partial charge on any atom is -0.486 e. The van der Waals surface area contributed by atoms with Gasteiger partial charge in [0.05, 0.1) is 4.88 Å². The maximum Gasteiger partial charge on any atom is 0.140 e. The highest BCUT2D eigenvalue weighted by atomic mass is 32.1. The van der Waals surface area contributed by atoms with Crippen LogP contribution in [0, 0.1) is 5.41 Å². The molecule has 1 heterocycles. The van der Waals surface area contributed by atoms with Crippen molar-refractivity contribution in [2.75, 3.05) is 0 Å². The molecule has 0 aliphatic carbocycles. The van der Waals surface area contributed by atoms with Crippen LogP contribution < -0.4 is 10.5 Å². The van der Waals surface area contributed by atoms with E-state index in [9.17, 15) is 0 Å². The molecule has 0 spiro atoms. The van der Waals surface area contributed by atoms with Gasteiger partial charge in [-0.15, -0.1) is 11.3 Å². The third-order valence-electron chi connectivity index (χ3n) is 2.51. The van der Waals surface area contributed by atoms with Crippen molar-refractivity contribution < 1.29 is 4.74 Å². The molecule has 0 unspecified atom stereocenters. The molecule has 3 N–H and O–H groups in total. The van der Waals surface area contributed by atoms with Gasteiger partial charge in [0.2, 0.25) is 0 Å². The maximum atomic E-state index is 7.30. The van der Waals surface area contributed by atoms with Gasteiger partial charge in [0.25, 0.3) is 0 Å². The molecule has 2 aromatic rings. The Morgan fingerprint density at radius 1 is 1.39 bits per heavy atom. The van der Waals surface area contributed by atoms with Gasteiger partial charge < -0.3 is 10.5 Å². The van der Waals surface area contributed by atoms with E-state index in [0.29, 0.717) is 11.5 Å². The van der Waals surface area contributed by atoms with Crippen molar-refractivity contribution in [1.29, 1.82) is 5.41 Å². The molecular weight excluding hydrogens is 246 g/mol. The van der Waals surface area contributed by atoms with Crippen molar-refractivity contribution in [2.45, 2.75) is 20.0 Å². The molecule has 0 aliphatic rings. The van der Waals surface area contributed by atoms with Crippen molar-refractivity contribution >= 4 is 17.2 Å². The average molecular weight is 261 g/mol. The fraction of sp³-hybridized carbons (Fsp3) is 0.231. The van der Waals surface area contributed by atoms with Crippen LogP contribution in [-0.4, -0.2) is 10.8 Å². The summed E-state index contributed by atoms with van der Waals surface area (Å²) in [5.41, 5.74) is 6.67. The molecule has 0 saturated carbocycles. The number of aryl methyl sites for hydroxylation is 1. The Morgan fingerprint density at radius 2 is 2.11 bits per heavy atom. The van der Waals surface area contributed by atoms with E-state index >= 15 is 0 Å². The second-order valence-electron chi connectivity index (χ2n) is 3.82. The average Bonchev–Trinajstić information content (AvgIpc) is 2.86. The van der Waals surface area contributed by atoms with Crippen LogP contribution >= 0.6 is 11.3 Å². The maximum absolute atomic E-state index is 7.30. The highest BCUT2D eigenvalue weighted by molar-refractivity contribution is 7.13. The van der Waals surface area contributed by atoms with Crippen LogP contribution in [0.2, 0.25) is 0 Å². The molecule has 5 heteroatoms. The number of nitrogens with zero attached hydrogens (tertiary/aromatic N) is 1. The molecule has 0 aliphatic heterocycles. The van der Waals surface area contributed by atoms with Crippen molar-refractivity contribution in [3.8, 4) is 5.75 Å². The van der Waals surface area contributed by atoms with Crippen LogP contribution in [0.1, 0.15) is 22.4 Å². The lowest BCUT2D eigenvalue weighted by Gasteiger charge is -2.04. The van der Waals surface area contributed by atoms with Gasteiger partial charge in [0, 0.05) is 6.20 Å². The summed E-state index contributed by atoms with van der Waals surface area (Å²) < 4.78 is 5.62. The Kier molecular flexibility index (Phi) is 3.94. The van der Waals surface area contributed by atoms with E-state index in [2.05, 4.69) is 24.0 Å². The van der Waals surface area contributed by atoms with Gasteiger partial charge in [-0.3, -0.25) is 5.41 Å². The van der Waals surface area contributed by atoms with E-state index < -0.39 is 0 Å². The number of nitrogen functional groups attached to an aromatic ring is 1. The van der Waals surface area contributed by atoms with E-state index in [1.54, 1.807) is 6.20 Å². The summed E-state index contributed by atoms with van der Waals surface area (Å²) in [6.45, 7) is 2.53. The number of nitrogens with one attached hydrogen (secondary N) is 1. The third-order valence-corrected chi connectivity index (χ3v) is 3.52. The summed E-state index contributed by atoms with van der Waals surface area (Å²) in [6.07, 6.45) is 2.63. The van der Waals surface area contributed by atoms with Crippen LogP contribution in [0.15, 0.2) is 30.5 Å². The normalized spacial score (nSPS) is 10.3. The number of rotatable bonds is 5. The SMILES string of the molecule is CCc1ccc(OCc2ncc(C(=N)N)s2)cc1. The fourth-order valence-corrected chi connectivity index (χ4v) is 2.16. The molecule has 1 aromatic heterocycles. The van der Waals surface area contributed by atoms with Gasteiger partial charge in [-0.2, -0.15) is 0 Å². The van der Waals surface area contributed by atoms with E-state index in [0.717, 1.165) is 17.2 Å². The quantitative estimate of drug-likeness (QED) is 0.642. The van der Waals surface area contributed by atoms with E-state index in [4.69, 9.17) is 15.9 Å². The monoisotopic (exact) mass is 261 g/mol. The van der Waals surface area contributed by atoms with Crippen molar-refractivity contribution in [3.05, 3.63) is 45.9 Å². The first-order valence-corrected chi connectivity index (χ1v) is 6.51. The first kappa shape index (κ1) is 12.6. The van der Waals surface area contributed by atoms with E-state index in [1.165, 1.54) is 16.9 Å². The number of thiazole rings is 1. The zero-order valence-corrected chi connectivity index (χ0v) is 11.0. The third kappa shape index (κ3) is 3.07. The van der Waals surface area contributed by atoms with Gasteiger partial charge >= 0.3 is 0 Å². The molecule has 4 nitrogen and oxygen atoms in total. The van der Waals surface area contributed by atoms with Gasteiger partial charge in [-0.25, -0.2) is 4.98 Å². The molecule has 0 saturated heterocycles. The second-order valence-corrected chi connectivity index (χ2v) is 4.93. The highest BCUT2D eigenvalue weighted by Gasteiger charge is 2.04. The summed E-state index contributed by atoms with van der Waals surface area (Å²) in [5.74, 6) is 0.873. The van der Waals surface area contributed by atoms with E-state index in [-0.39, 0.29) is 5.84 Å². The van der Waals surface area contributed by atoms with Gasteiger partial charge in [-0.05, 0) is 24.1 Å². The molecule has 0 amide bonds. The smallest absolute Gasteiger partial charge is 0.140 e. The lowest BCUT2D eigenvalue weighted by molar-refractivity contribution is 0.305. The Bertz CT molecular complexity index is 533. The fourth-order valence-electron chi connectivity index (χ4n) is 1.47. The predicted molar refractivity (Wildman–Crippen MR) is 73.3 cm³/mol. The number of hydrogen-bond donors (Lipinski definition) is 2. The summed E-state index contributed by atoms with van der Waals surface area (Å²) in [4.78, 5) is 4.83. The van der Waals surface area contributed by atoms with Crippen LogP contribution in [-0.2, 0) is 13.0 Å². The van der Waals surface area contributed by atoms with Gasteiger partial charge in [-0.1, -0.05) is 19.1 Å². The number of amidine groups is 1. The first-order chi connectivity index (χ1) is 8.69. The predicted octanol–water partition coefficient (Wildman–Crippen LogP) is 2.57. The molecule has 2 rings (SSSR count). The molecule has 0 radical (unpaired) electrons. The van der Waals surface area contributed by atoms with Crippen LogP contribution in [0.5, 0.6) is 5.75 Å². The Labute approximate surface area is 110 Å². The molecule has 94 valence electrons. The topological polar surface area (TPSA) is 72.0 Å². The Hall–Kier alpha value is -1.88. The summed E-state index contributed by atoms with van der Waals surface area (Å²) >= 11 is 1.38. The number of aromatic nitrogens is 1. The number of hydrogen-bond acceptors (Lipinski definition) is 4.